The van der Waals surface area contributed by atoms with Gasteiger partial charge in [0.15, 0.2) is 0 Å². The molecule has 3 N–H and O–H groups in total. The number of carboxylic acid groups (broad SMARTS) is 1. The average Bonchev–Trinajstić information content (AvgIpc) is 1.82. The minimum atomic E-state index is -4.64. The Morgan fingerprint density at radius 1 is 1.55 bits per heavy atom. The minimum absolute atomic E-state index is 0.917. The minimum Gasteiger partial charge on any atom is -0.481 e. The summed E-state index contributed by atoms with van der Waals surface area (Å²) in [6.07, 6.45) is -4.64. The third kappa shape index (κ3) is 2.75. The fourth-order valence-electron chi connectivity index (χ4n) is 0.437. The average molecular weight is 171 g/mol. The maximum absolute atomic E-state index is 11.7. The summed E-state index contributed by atoms with van der Waals surface area (Å²) in [5.41, 5.74) is 4.59. The van der Waals surface area contributed by atoms with Crippen LogP contribution < -0.4 is 5.73 Å². The zero-order chi connectivity index (χ0) is 9.23. The van der Waals surface area contributed by atoms with Gasteiger partial charge in [-0.25, -0.2) is 0 Å². The standard InChI is InChI=1S/C5H8F3NO2/c1-2(4(10)11)3(9)5(6,7)8/h2-3H,9H2,1H3,(H,10,11)/t2-,3+/m0/s1. The Morgan fingerprint density at radius 3 is 2.00 bits per heavy atom. The van der Waals surface area contributed by atoms with Gasteiger partial charge in [-0.2, -0.15) is 13.2 Å². The molecular weight excluding hydrogens is 163 g/mol. The first-order chi connectivity index (χ1) is 4.76. The van der Waals surface area contributed by atoms with Crippen LogP contribution in [-0.4, -0.2) is 23.3 Å². The SMILES string of the molecule is C[C@H](C(=O)O)[C@@H](N)C(F)(F)F. The highest BCUT2D eigenvalue weighted by Crippen LogP contribution is 2.23. The molecule has 2 atom stereocenters. The van der Waals surface area contributed by atoms with Gasteiger partial charge in [-0.1, -0.05) is 6.92 Å². The summed E-state index contributed by atoms with van der Waals surface area (Å²) in [6, 6.07) is -2.29. The van der Waals surface area contributed by atoms with Crippen molar-refractivity contribution >= 4 is 5.97 Å². The van der Waals surface area contributed by atoms with Crippen molar-refractivity contribution < 1.29 is 23.1 Å². The second-order valence-electron chi connectivity index (χ2n) is 2.19. The van der Waals surface area contributed by atoms with E-state index in [1.165, 1.54) is 0 Å². The maximum Gasteiger partial charge on any atom is 0.404 e. The van der Waals surface area contributed by atoms with Crippen LogP contribution in [0, 0.1) is 5.92 Å². The van der Waals surface area contributed by atoms with Gasteiger partial charge in [0.2, 0.25) is 0 Å². The summed E-state index contributed by atoms with van der Waals surface area (Å²) < 4.78 is 35.0. The van der Waals surface area contributed by atoms with Gasteiger partial charge in [-0.3, -0.25) is 4.79 Å². The molecule has 0 bridgehead atoms. The van der Waals surface area contributed by atoms with Gasteiger partial charge in [-0.05, 0) is 0 Å². The molecule has 0 amide bonds. The summed E-state index contributed by atoms with van der Waals surface area (Å²) in [6.45, 7) is 0.917. The molecule has 0 saturated carbocycles. The van der Waals surface area contributed by atoms with Gasteiger partial charge in [0.05, 0.1) is 5.92 Å². The Labute approximate surface area is 61.0 Å². The molecule has 3 nitrogen and oxygen atoms in total. The van der Waals surface area contributed by atoms with E-state index in [1.807, 2.05) is 0 Å². The molecular formula is C5H8F3NO2. The van der Waals surface area contributed by atoms with E-state index in [9.17, 15) is 18.0 Å². The van der Waals surface area contributed by atoms with Crippen molar-refractivity contribution in [3.63, 3.8) is 0 Å². The molecule has 0 aromatic carbocycles. The molecule has 0 aliphatic rings. The lowest BCUT2D eigenvalue weighted by Gasteiger charge is -2.18. The van der Waals surface area contributed by atoms with Crippen molar-refractivity contribution in [2.45, 2.75) is 19.1 Å². The van der Waals surface area contributed by atoms with Crippen LogP contribution in [0.25, 0.3) is 0 Å². The molecule has 0 rings (SSSR count). The molecule has 0 heterocycles. The van der Waals surface area contributed by atoms with E-state index in [0.29, 0.717) is 0 Å². The van der Waals surface area contributed by atoms with Gasteiger partial charge in [0, 0.05) is 0 Å². The van der Waals surface area contributed by atoms with E-state index < -0.39 is 24.1 Å². The van der Waals surface area contributed by atoms with Crippen LogP contribution in [0.5, 0.6) is 0 Å². The Balaban J connectivity index is 4.25. The van der Waals surface area contributed by atoms with Crippen LogP contribution in [0.15, 0.2) is 0 Å². The molecule has 6 heteroatoms. The monoisotopic (exact) mass is 171 g/mol. The number of carbonyl (C=O) groups is 1. The zero-order valence-electron chi connectivity index (χ0n) is 5.72. The second-order valence-corrected chi connectivity index (χ2v) is 2.19. The molecule has 11 heavy (non-hydrogen) atoms. The summed E-state index contributed by atoms with van der Waals surface area (Å²) in [7, 11) is 0. The number of alkyl halides is 3. The van der Waals surface area contributed by atoms with Gasteiger partial charge < -0.3 is 10.8 Å². The number of aliphatic carboxylic acids is 1. The molecule has 0 radical (unpaired) electrons. The zero-order valence-corrected chi connectivity index (χ0v) is 5.72. The third-order valence-corrected chi connectivity index (χ3v) is 1.31. The quantitative estimate of drug-likeness (QED) is 0.639. The van der Waals surface area contributed by atoms with E-state index in [1.54, 1.807) is 0 Å². The highest BCUT2D eigenvalue weighted by atomic mass is 19.4. The van der Waals surface area contributed by atoms with E-state index in [0.717, 1.165) is 6.92 Å². The molecule has 0 saturated heterocycles. The lowest BCUT2D eigenvalue weighted by molar-refractivity contribution is -0.171. The third-order valence-electron chi connectivity index (χ3n) is 1.31. The lowest BCUT2D eigenvalue weighted by Crippen LogP contribution is -2.45. The maximum atomic E-state index is 11.7. The number of hydrogen-bond donors (Lipinski definition) is 2. The number of rotatable bonds is 2. The van der Waals surface area contributed by atoms with Crippen molar-refractivity contribution in [3.8, 4) is 0 Å². The van der Waals surface area contributed by atoms with E-state index >= 15 is 0 Å². The molecule has 0 fully saturated rings. The van der Waals surface area contributed by atoms with Crippen LogP contribution in [-0.2, 0) is 4.79 Å². The van der Waals surface area contributed by atoms with Crippen LogP contribution in [0.4, 0.5) is 13.2 Å². The van der Waals surface area contributed by atoms with Crippen LogP contribution >= 0.6 is 0 Å². The van der Waals surface area contributed by atoms with Gasteiger partial charge in [-0.15, -0.1) is 0 Å². The van der Waals surface area contributed by atoms with Crippen molar-refractivity contribution in [3.05, 3.63) is 0 Å². The van der Waals surface area contributed by atoms with Crippen molar-refractivity contribution in [1.82, 2.24) is 0 Å². The van der Waals surface area contributed by atoms with Crippen molar-refractivity contribution in [2.75, 3.05) is 0 Å². The molecule has 0 aromatic rings. The Hall–Kier alpha value is -0.780. The first-order valence-electron chi connectivity index (χ1n) is 2.82. The predicted molar refractivity (Wildman–Crippen MR) is 30.8 cm³/mol. The summed E-state index contributed by atoms with van der Waals surface area (Å²) in [5, 5.41) is 8.14. The van der Waals surface area contributed by atoms with E-state index in [2.05, 4.69) is 5.73 Å². The molecule has 0 unspecified atom stereocenters. The fourth-order valence-corrected chi connectivity index (χ4v) is 0.437. The van der Waals surface area contributed by atoms with Crippen LogP contribution in [0.3, 0.4) is 0 Å². The fraction of sp³-hybridized carbons (Fsp3) is 0.800. The lowest BCUT2D eigenvalue weighted by atomic mass is 10.0. The molecule has 0 aliphatic heterocycles. The molecule has 0 spiro atoms. The first kappa shape index (κ1) is 10.2. The summed E-state index contributed by atoms with van der Waals surface area (Å²) in [4.78, 5) is 10.0. The molecule has 66 valence electrons. The summed E-state index contributed by atoms with van der Waals surface area (Å²) >= 11 is 0. The first-order valence-corrected chi connectivity index (χ1v) is 2.82. The largest absolute Gasteiger partial charge is 0.481 e. The number of nitrogens with two attached hydrogens (primary N) is 1. The number of carboxylic acids is 1. The Kier molecular flexibility index (Phi) is 2.86. The summed E-state index contributed by atoms with van der Waals surface area (Å²) in [5.74, 6) is -3.15. The topological polar surface area (TPSA) is 63.3 Å². The Bertz CT molecular complexity index is 156. The van der Waals surface area contributed by atoms with E-state index in [4.69, 9.17) is 5.11 Å². The highest BCUT2D eigenvalue weighted by molar-refractivity contribution is 5.70. The van der Waals surface area contributed by atoms with Gasteiger partial charge in [0.25, 0.3) is 0 Å². The van der Waals surface area contributed by atoms with Crippen LogP contribution in [0.2, 0.25) is 0 Å². The Morgan fingerprint density at radius 2 is 1.91 bits per heavy atom. The number of hydrogen-bond acceptors (Lipinski definition) is 2. The second kappa shape index (κ2) is 3.08. The van der Waals surface area contributed by atoms with Gasteiger partial charge >= 0.3 is 12.1 Å². The molecule has 0 aliphatic carbocycles. The van der Waals surface area contributed by atoms with Crippen LogP contribution in [0.1, 0.15) is 6.92 Å². The van der Waals surface area contributed by atoms with Crippen molar-refractivity contribution in [2.24, 2.45) is 11.7 Å². The highest BCUT2D eigenvalue weighted by Gasteiger charge is 2.42. The molecule has 0 aromatic heterocycles. The van der Waals surface area contributed by atoms with Crippen molar-refractivity contribution in [1.29, 1.82) is 0 Å². The predicted octanol–water partition coefficient (Wildman–Crippen LogP) is 0.597. The smallest absolute Gasteiger partial charge is 0.404 e. The van der Waals surface area contributed by atoms with E-state index in [-0.39, 0.29) is 0 Å². The number of halogens is 3. The normalized spacial score (nSPS) is 17.5. The van der Waals surface area contributed by atoms with Gasteiger partial charge in [0.1, 0.15) is 6.04 Å².